The number of carbonyl (C=O) groups excluding carboxylic acids is 2. The summed E-state index contributed by atoms with van der Waals surface area (Å²) in [5, 5.41) is 0. The molecule has 2 fully saturated rings. The molecule has 6 rings (SSSR count). The molecule has 42 heavy (non-hydrogen) atoms. The number of carbonyl (C=O) groups is 2. The number of benzene rings is 1. The van der Waals surface area contributed by atoms with Crippen LogP contribution in [0.15, 0.2) is 48.8 Å². The van der Waals surface area contributed by atoms with Gasteiger partial charge in [0.15, 0.2) is 0 Å². The molecule has 0 spiro atoms. The van der Waals surface area contributed by atoms with E-state index >= 15 is 0 Å². The van der Waals surface area contributed by atoms with Crippen LogP contribution >= 0.6 is 0 Å². The normalized spacial score (nSPS) is 18.7. The maximum absolute atomic E-state index is 13.6. The summed E-state index contributed by atoms with van der Waals surface area (Å²) in [5.74, 6) is -1.22. The summed E-state index contributed by atoms with van der Waals surface area (Å²) in [5.41, 5.74) is 3.72. The molecule has 0 bridgehead atoms. The van der Waals surface area contributed by atoms with E-state index in [9.17, 15) is 22.8 Å². The van der Waals surface area contributed by atoms with Crippen LogP contribution in [0, 0.1) is 0 Å². The van der Waals surface area contributed by atoms with Gasteiger partial charge < -0.3 is 24.2 Å². The minimum absolute atomic E-state index is 0.335. The van der Waals surface area contributed by atoms with Gasteiger partial charge in [-0.25, -0.2) is 9.78 Å². The highest BCUT2D eigenvalue weighted by Gasteiger charge is 2.42. The van der Waals surface area contributed by atoms with Crippen molar-refractivity contribution in [3.63, 3.8) is 0 Å². The Balaban J connectivity index is 1.31. The van der Waals surface area contributed by atoms with Crippen LogP contribution in [0.3, 0.4) is 0 Å². The molecule has 1 atom stereocenters. The average Bonchev–Trinajstić information content (AvgIpc) is 3.67. The predicted molar refractivity (Wildman–Crippen MR) is 147 cm³/mol. The molecule has 0 saturated carbocycles. The summed E-state index contributed by atoms with van der Waals surface area (Å²) in [6.07, 6.45) is 0.184. The number of alkyl halides is 3. The molecular weight excluding hydrogens is 553 g/mol. The average molecular weight is 583 g/mol. The van der Waals surface area contributed by atoms with Gasteiger partial charge in [0.2, 0.25) is 5.95 Å². The number of aromatic nitrogens is 3. The van der Waals surface area contributed by atoms with Crippen molar-refractivity contribution < 1.29 is 32.2 Å². The lowest BCUT2D eigenvalue weighted by Crippen LogP contribution is -2.40. The number of morpholine rings is 1. The minimum atomic E-state index is -5.08. The van der Waals surface area contributed by atoms with E-state index in [-0.39, 0.29) is 5.91 Å². The van der Waals surface area contributed by atoms with Crippen LogP contribution in [0.5, 0.6) is 0 Å². The quantitative estimate of drug-likeness (QED) is 0.402. The van der Waals surface area contributed by atoms with Crippen molar-refractivity contribution in [2.45, 2.75) is 31.5 Å². The molecule has 0 aliphatic carbocycles. The number of esters is 1. The zero-order valence-corrected chi connectivity index (χ0v) is 22.7. The second-order valence-corrected chi connectivity index (χ2v) is 10.4. The highest BCUT2D eigenvalue weighted by molar-refractivity contribution is 5.96. The topological polar surface area (TPSA) is 101 Å². The van der Waals surface area contributed by atoms with Gasteiger partial charge in [-0.2, -0.15) is 18.2 Å². The Morgan fingerprint density at radius 2 is 1.88 bits per heavy atom. The molecule has 1 aromatic carbocycles. The van der Waals surface area contributed by atoms with Crippen molar-refractivity contribution in [2.24, 2.45) is 0 Å². The first kappa shape index (κ1) is 27.9. The monoisotopic (exact) mass is 582 g/mol. The van der Waals surface area contributed by atoms with Gasteiger partial charge in [-0.15, -0.1) is 0 Å². The van der Waals surface area contributed by atoms with Crippen molar-refractivity contribution in [1.82, 2.24) is 19.9 Å². The summed E-state index contributed by atoms with van der Waals surface area (Å²) in [6.45, 7) is 3.00. The Kier molecular flexibility index (Phi) is 7.67. The van der Waals surface area contributed by atoms with Gasteiger partial charge in [0.05, 0.1) is 36.8 Å². The van der Waals surface area contributed by atoms with E-state index in [2.05, 4.69) is 19.5 Å². The van der Waals surface area contributed by atoms with Crippen molar-refractivity contribution >= 4 is 29.3 Å². The molecular formula is C29H29F3N6O4. The standard InChI is InChI=1S/C29H29F3N6O4/c30-29(31,32)27(40)42-18-22-7-3-10-38(22)26(39)20-5-1-4-19(16-20)24-23-8-11-37(21-6-2-9-33-17-21)25(23)35-28(34-24)36-12-14-41-15-13-36/h1-2,4-6,9,16-17,22H,3,7-8,10-15,18H2/t22-/m1/s1. The second kappa shape index (κ2) is 11.6. The van der Waals surface area contributed by atoms with E-state index in [0.29, 0.717) is 70.2 Å². The Hall–Kier alpha value is -4.26. The van der Waals surface area contributed by atoms with Crippen LogP contribution in [0.1, 0.15) is 28.8 Å². The molecule has 2 saturated heterocycles. The lowest BCUT2D eigenvalue weighted by molar-refractivity contribution is -0.200. The number of anilines is 3. The van der Waals surface area contributed by atoms with Gasteiger partial charge in [-0.1, -0.05) is 12.1 Å². The maximum atomic E-state index is 13.6. The Morgan fingerprint density at radius 3 is 2.64 bits per heavy atom. The molecule has 10 nitrogen and oxygen atoms in total. The molecule has 0 unspecified atom stereocenters. The van der Waals surface area contributed by atoms with E-state index in [1.165, 1.54) is 4.90 Å². The minimum Gasteiger partial charge on any atom is -0.457 e. The van der Waals surface area contributed by atoms with Crippen molar-refractivity contribution in [2.75, 3.05) is 55.8 Å². The van der Waals surface area contributed by atoms with Crippen LogP contribution in [0.2, 0.25) is 0 Å². The Morgan fingerprint density at radius 1 is 1.05 bits per heavy atom. The fraction of sp³-hybridized carbons (Fsp3) is 0.414. The number of likely N-dealkylation sites (tertiary alicyclic amines) is 1. The van der Waals surface area contributed by atoms with E-state index in [0.717, 1.165) is 28.3 Å². The molecule has 2 aromatic heterocycles. The van der Waals surface area contributed by atoms with Gasteiger partial charge in [0.1, 0.15) is 12.4 Å². The van der Waals surface area contributed by atoms with Crippen molar-refractivity contribution in [3.8, 4) is 11.3 Å². The first-order valence-corrected chi connectivity index (χ1v) is 13.9. The number of ether oxygens (including phenoxy) is 2. The van der Waals surface area contributed by atoms with Gasteiger partial charge in [-0.3, -0.25) is 9.78 Å². The largest absolute Gasteiger partial charge is 0.490 e. The number of hydrogen-bond donors (Lipinski definition) is 0. The first-order valence-electron chi connectivity index (χ1n) is 13.9. The van der Waals surface area contributed by atoms with Crippen LogP contribution in [-0.4, -0.2) is 89.9 Å². The molecule has 0 N–H and O–H groups in total. The first-order chi connectivity index (χ1) is 20.3. The van der Waals surface area contributed by atoms with E-state index in [1.54, 1.807) is 30.6 Å². The van der Waals surface area contributed by atoms with Gasteiger partial charge in [0.25, 0.3) is 5.91 Å². The van der Waals surface area contributed by atoms with Crippen LogP contribution in [-0.2, 0) is 20.7 Å². The highest BCUT2D eigenvalue weighted by atomic mass is 19.4. The van der Waals surface area contributed by atoms with Crippen LogP contribution in [0.25, 0.3) is 11.3 Å². The zero-order valence-electron chi connectivity index (χ0n) is 22.7. The second-order valence-electron chi connectivity index (χ2n) is 10.4. The zero-order chi connectivity index (χ0) is 29.3. The maximum Gasteiger partial charge on any atom is 0.490 e. The number of hydrogen-bond acceptors (Lipinski definition) is 9. The molecule has 13 heteroatoms. The van der Waals surface area contributed by atoms with E-state index < -0.39 is 24.8 Å². The summed E-state index contributed by atoms with van der Waals surface area (Å²) in [6, 6.07) is 10.3. The summed E-state index contributed by atoms with van der Waals surface area (Å²) >= 11 is 0. The molecule has 220 valence electrons. The van der Waals surface area contributed by atoms with Gasteiger partial charge in [-0.05, 0) is 43.5 Å². The summed E-state index contributed by atoms with van der Waals surface area (Å²) in [4.78, 5) is 44.7. The smallest absolute Gasteiger partial charge is 0.457 e. The Bertz CT molecular complexity index is 1470. The third-order valence-electron chi connectivity index (χ3n) is 7.73. The lowest BCUT2D eigenvalue weighted by atomic mass is 10.0. The molecule has 0 radical (unpaired) electrons. The van der Waals surface area contributed by atoms with E-state index in [4.69, 9.17) is 14.7 Å². The fourth-order valence-corrected chi connectivity index (χ4v) is 5.65. The molecule has 3 aliphatic heterocycles. The molecule has 1 amide bonds. The predicted octanol–water partition coefficient (Wildman–Crippen LogP) is 3.78. The Labute approximate surface area is 240 Å². The highest BCUT2D eigenvalue weighted by Crippen LogP contribution is 2.39. The number of amides is 1. The number of fused-ring (bicyclic) bond motifs is 1. The number of rotatable bonds is 6. The van der Waals surface area contributed by atoms with Crippen molar-refractivity contribution in [1.29, 1.82) is 0 Å². The SMILES string of the molecule is O=C(c1cccc(-c2nc(N3CCOCC3)nc3c2CCN3c2cccnc2)c1)N1CCC[C@@H]1COC(=O)C(F)(F)F. The van der Waals surface area contributed by atoms with Crippen molar-refractivity contribution in [3.05, 3.63) is 59.9 Å². The number of nitrogens with zero attached hydrogens (tertiary/aromatic N) is 6. The molecule has 3 aliphatic rings. The fourth-order valence-electron chi connectivity index (χ4n) is 5.65. The van der Waals surface area contributed by atoms with Gasteiger partial charge in [0, 0.05) is 49.1 Å². The van der Waals surface area contributed by atoms with E-state index in [1.807, 2.05) is 18.2 Å². The summed E-state index contributed by atoms with van der Waals surface area (Å²) < 4.78 is 47.9. The summed E-state index contributed by atoms with van der Waals surface area (Å²) in [7, 11) is 0. The lowest BCUT2D eigenvalue weighted by Gasteiger charge is -2.28. The number of pyridine rings is 1. The van der Waals surface area contributed by atoms with Crippen LogP contribution < -0.4 is 9.80 Å². The number of halogens is 3. The third-order valence-corrected chi connectivity index (χ3v) is 7.73. The molecule has 3 aromatic rings. The van der Waals surface area contributed by atoms with Gasteiger partial charge >= 0.3 is 12.1 Å². The molecule has 5 heterocycles. The van der Waals surface area contributed by atoms with Crippen LogP contribution in [0.4, 0.5) is 30.6 Å². The third kappa shape index (κ3) is 5.60.